The molecule has 0 saturated carbocycles. The highest BCUT2D eigenvalue weighted by Crippen LogP contribution is 2.28. The third-order valence-corrected chi connectivity index (χ3v) is 6.16. The molecule has 0 atom stereocenters. The zero-order valence-corrected chi connectivity index (χ0v) is 19.5. The maximum absolute atomic E-state index is 12.9. The van der Waals surface area contributed by atoms with Gasteiger partial charge in [0.1, 0.15) is 11.4 Å². The molecule has 6 nitrogen and oxygen atoms in total. The minimum atomic E-state index is -0.163. The summed E-state index contributed by atoms with van der Waals surface area (Å²) in [5.41, 5.74) is 4.02. The highest BCUT2D eigenvalue weighted by molar-refractivity contribution is 5.99. The quantitative estimate of drug-likeness (QED) is 0.525. The van der Waals surface area contributed by atoms with Crippen molar-refractivity contribution in [2.24, 2.45) is 5.92 Å². The Morgan fingerprint density at radius 3 is 2.64 bits per heavy atom. The van der Waals surface area contributed by atoms with Crippen LogP contribution < -0.4 is 10.2 Å². The van der Waals surface area contributed by atoms with Gasteiger partial charge in [0.2, 0.25) is 0 Å². The highest BCUT2D eigenvalue weighted by atomic mass is 16.5. The number of carbonyl (C=O) groups excluding carboxylic acids is 1. The van der Waals surface area contributed by atoms with Crippen LogP contribution in [0.15, 0.2) is 60.8 Å². The Bertz CT molecular complexity index is 1060. The van der Waals surface area contributed by atoms with E-state index in [0.29, 0.717) is 30.5 Å². The van der Waals surface area contributed by atoms with Crippen molar-refractivity contribution in [2.45, 2.75) is 26.2 Å². The van der Waals surface area contributed by atoms with E-state index in [1.807, 2.05) is 12.1 Å². The fourth-order valence-electron chi connectivity index (χ4n) is 4.36. The minimum absolute atomic E-state index is 0.163. The van der Waals surface area contributed by atoms with Gasteiger partial charge in [0, 0.05) is 38.5 Å². The SMILES string of the molecule is COCCNC(=O)c1cnc(-c2cccc(C)c2)nc1N1CCC(Cc2ccccc2)CC1. The number of piperidine rings is 1. The molecule has 1 aliphatic rings. The fraction of sp³-hybridized carbons (Fsp3) is 0.370. The van der Waals surface area contributed by atoms with E-state index in [1.165, 1.54) is 5.56 Å². The zero-order valence-electron chi connectivity index (χ0n) is 19.5. The molecule has 2 aromatic carbocycles. The van der Waals surface area contributed by atoms with Gasteiger partial charge in [-0.25, -0.2) is 9.97 Å². The first-order chi connectivity index (χ1) is 16.1. The second kappa shape index (κ2) is 11.1. The van der Waals surface area contributed by atoms with Crippen molar-refractivity contribution in [1.82, 2.24) is 15.3 Å². The van der Waals surface area contributed by atoms with Crippen molar-refractivity contribution < 1.29 is 9.53 Å². The van der Waals surface area contributed by atoms with Gasteiger partial charge in [-0.1, -0.05) is 54.1 Å². The van der Waals surface area contributed by atoms with Crippen LogP contribution in [0.4, 0.5) is 5.82 Å². The molecule has 1 amide bonds. The summed E-state index contributed by atoms with van der Waals surface area (Å²) in [4.78, 5) is 24.6. The number of amides is 1. The molecule has 0 bridgehead atoms. The molecule has 0 unspecified atom stereocenters. The van der Waals surface area contributed by atoms with Crippen LogP contribution in [0.3, 0.4) is 0 Å². The van der Waals surface area contributed by atoms with Gasteiger partial charge in [0.15, 0.2) is 5.82 Å². The van der Waals surface area contributed by atoms with Crippen LogP contribution in [0.2, 0.25) is 0 Å². The Morgan fingerprint density at radius 1 is 1.12 bits per heavy atom. The van der Waals surface area contributed by atoms with E-state index in [1.54, 1.807) is 13.3 Å². The molecule has 0 aliphatic carbocycles. The van der Waals surface area contributed by atoms with E-state index >= 15 is 0 Å². The average molecular weight is 445 g/mol. The first-order valence-corrected chi connectivity index (χ1v) is 11.6. The van der Waals surface area contributed by atoms with Crippen LogP contribution in [0.5, 0.6) is 0 Å². The van der Waals surface area contributed by atoms with Crippen molar-refractivity contribution in [2.75, 3.05) is 38.3 Å². The summed E-state index contributed by atoms with van der Waals surface area (Å²) in [6.45, 7) is 4.72. The third-order valence-electron chi connectivity index (χ3n) is 6.16. The molecule has 2 heterocycles. The van der Waals surface area contributed by atoms with Gasteiger partial charge in [-0.3, -0.25) is 4.79 Å². The van der Waals surface area contributed by atoms with Gasteiger partial charge >= 0.3 is 0 Å². The van der Waals surface area contributed by atoms with Gasteiger partial charge < -0.3 is 15.0 Å². The van der Waals surface area contributed by atoms with Crippen molar-refractivity contribution >= 4 is 11.7 Å². The number of benzene rings is 2. The molecule has 1 aliphatic heterocycles. The Labute approximate surface area is 196 Å². The largest absolute Gasteiger partial charge is 0.383 e. The van der Waals surface area contributed by atoms with Crippen LogP contribution in [-0.2, 0) is 11.2 Å². The maximum atomic E-state index is 12.9. The molecule has 172 valence electrons. The van der Waals surface area contributed by atoms with Gasteiger partial charge in [0.05, 0.1) is 6.61 Å². The lowest BCUT2D eigenvalue weighted by atomic mass is 9.90. The number of ether oxygens (including phenoxy) is 1. The van der Waals surface area contributed by atoms with Crippen LogP contribution in [0.1, 0.15) is 34.3 Å². The summed E-state index contributed by atoms with van der Waals surface area (Å²) >= 11 is 0. The zero-order chi connectivity index (χ0) is 23.0. The smallest absolute Gasteiger partial charge is 0.256 e. The first kappa shape index (κ1) is 22.9. The lowest BCUT2D eigenvalue weighted by Crippen LogP contribution is -2.37. The fourth-order valence-corrected chi connectivity index (χ4v) is 4.36. The molecule has 3 aromatic rings. The number of nitrogens with one attached hydrogen (secondary N) is 1. The van der Waals surface area contributed by atoms with E-state index in [4.69, 9.17) is 9.72 Å². The predicted octanol–water partition coefficient (Wildman–Crippen LogP) is 4.29. The van der Waals surface area contributed by atoms with Gasteiger partial charge in [0.25, 0.3) is 5.91 Å². The first-order valence-electron chi connectivity index (χ1n) is 11.6. The molecule has 4 rings (SSSR count). The molecule has 33 heavy (non-hydrogen) atoms. The van der Waals surface area contributed by atoms with Crippen molar-refractivity contribution in [3.63, 3.8) is 0 Å². The number of aromatic nitrogens is 2. The van der Waals surface area contributed by atoms with E-state index in [9.17, 15) is 4.79 Å². The third kappa shape index (κ3) is 5.96. The summed E-state index contributed by atoms with van der Waals surface area (Å²) in [5.74, 6) is 1.84. The van der Waals surface area contributed by atoms with Crippen LogP contribution in [0, 0.1) is 12.8 Å². The number of aryl methyl sites for hydroxylation is 1. The number of anilines is 1. The lowest BCUT2D eigenvalue weighted by molar-refractivity contribution is 0.0937. The van der Waals surface area contributed by atoms with E-state index < -0.39 is 0 Å². The Morgan fingerprint density at radius 2 is 1.91 bits per heavy atom. The number of nitrogens with zero attached hydrogens (tertiary/aromatic N) is 3. The summed E-state index contributed by atoms with van der Waals surface area (Å²) in [6.07, 6.45) is 4.91. The normalized spacial score (nSPS) is 14.3. The second-order valence-corrected chi connectivity index (χ2v) is 8.67. The van der Waals surface area contributed by atoms with Crippen LogP contribution in [-0.4, -0.2) is 49.2 Å². The summed E-state index contributed by atoms with van der Waals surface area (Å²) < 4.78 is 5.07. The molecule has 1 aromatic heterocycles. The van der Waals surface area contributed by atoms with Crippen LogP contribution in [0.25, 0.3) is 11.4 Å². The molecular formula is C27H32N4O2. The monoisotopic (exact) mass is 444 g/mol. The molecule has 1 saturated heterocycles. The summed E-state index contributed by atoms with van der Waals surface area (Å²) in [5, 5.41) is 2.92. The number of carbonyl (C=O) groups is 1. The standard InChI is InChI=1S/C27H32N4O2/c1-20-7-6-10-23(17-20)25-29-19-24(27(32)28-13-16-33-2)26(30-25)31-14-11-22(12-15-31)18-21-8-4-3-5-9-21/h3-10,17,19,22H,11-16,18H2,1-2H3,(H,28,32). The average Bonchev–Trinajstić information content (AvgIpc) is 2.85. The topological polar surface area (TPSA) is 67.3 Å². The molecule has 0 radical (unpaired) electrons. The van der Waals surface area contributed by atoms with E-state index in [0.717, 1.165) is 49.3 Å². The summed E-state index contributed by atoms with van der Waals surface area (Å²) in [6, 6.07) is 18.8. The highest BCUT2D eigenvalue weighted by Gasteiger charge is 2.25. The Hall–Kier alpha value is -3.25. The number of methoxy groups -OCH3 is 1. The maximum Gasteiger partial charge on any atom is 0.256 e. The summed E-state index contributed by atoms with van der Waals surface area (Å²) in [7, 11) is 1.62. The number of hydrogen-bond acceptors (Lipinski definition) is 5. The van der Waals surface area contributed by atoms with E-state index in [2.05, 4.69) is 64.6 Å². The van der Waals surface area contributed by atoms with Gasteiger partial charge in [-0.05, 0) is 43.7 Å². The van der Waals surface area contributed by atoms with Crippen molar-refractivity contribution in [3.05, 3.63) is 77.5 Å². The Kier molecular flexibility index (Phi) is 7.68. The molecule has 0 spiro atoms. The van der Waals surface area contributed by atoms with Gasteiger partial charge in [-0.15, -0.1) is 0 Å². The molecule has 1 N–H and O–H groups in total. The van der Waals surface area contributed by atoms with Crippen LogP contribution >= 0.6 is 0 Å². The van der Waals surface area contributed by atoms with E-state index in [-0.39, 0.29) is 5.91 Å². The van der Waals surface area contributed by atoms with Gasteiger partial charge in [-0.2, -0.15) is 0 Å². The predicted molar refractivity (Wildman–Crippen MR) is 131 cm³/mol. The minimum Gasteiger partial charge on any atom is -0.383 e. The molecular weight excluding hydrogens is 412 g/mol. The molecule has 6 heteroatoms. The number of rotatable bonds is 8. The van der Waals surface area contributed by atoms with Crippen molar-refractivity contribution in [1.29, 1.82) is 0 Å². The lowest BCUT2D eigenvalue weighted by Gasteiger charge is -2.34. The number of hydrogen-bond donors (Lipinski definition) is 1. The molecule has 1 fully saturated rings. The van der Waals surface area contributed by atoms with Crippen molar-refractivity contribution in [3.8, 4) is 11.4 Å². The second-order valence-electron chi connectivity index (χ2n) is 8.67. The Balaban J connectivity index is 1.55.